The van der Waals surface area contributed by atoms with Crippen LogP contribution in [0, 0.1) is 5.92 Å². The highest BCUT2D eigenvalue weighted by molar-refractivity contribution is 9.10. The van der Waals surface area contributed by atoms with E-state index in [9.17, 15) is 22.8 Å². The number of rotatable bonds is 8. The second kappa shape index (κ2) is 14.0. The molecule has 0 bridgehead atoms. The molecule has 0 radical (unpaired) electrons. The first-order valence-electron chi connectivity index (χ1n) is 17.3. The summed E-state index contributed by atoms with van der Waals surface area (Å²) in [7, 11) is -3.93. The van der Waals surface area contributed by atoms with Crippen LogP contribution in [-0.2, 0) is 31.0 Å². The smallest absolute Gasteiger partial charge is 0.274 e. The molecular weight excluding hydrogens is 742 g/mol. The van der Waals surface area contributed by atoms with Gasteiger partial charge in [-0.2, -0.15) is 0 Å². The Labute approximate surface area is 304 Å². The van der Waals surface area contributed by atoms with Gasteiger partial charge in [0.25, 0.3) is 11.1 Å². The van der Waals surface area contributed by atoms with Crippen LogP contribution in [-0.4, -0.2) is 71.0 Å². The first-order chi connectivity index (χ1) is 24.0. The van der Waals surface area contributed by atoms with E-state index in [4.69, 9.17) is 4.74 Å². The molecule has 2 saturated carbocycles. The van der Waals surface area contributed by atoms with Gasteiger partial charge in [0.15, 0.2) is 0 Å². The lowest BCUT2D eigenvalue weighted by Crippen LogP contribution is -2.58. The normalized spacial score (nSPS) is 28.2. The number of thiazole rings is 1. The molecule has 7 rings (SSSR count). The Bertz CT molecular complexity index is 1920. The molecule has 50 heavy (non-hydrogen) atoms. The first-order valence-corrected chi connectivity index (χ1v) is 20.4. The summed E-state index contributed by atoms with van der Waals surface area (Å²) in [6.07, 6.45) is 8.85. The third-order valence-electron chi connectivity index (χ3n) is 10.5. The molecule has 0 spiro atoms. The molecular formula is C36H42BrN5O6S2. The zero-order valence-electron chi connectivity index (χ0n) is 27.9. The second-order valence-corrected chi connectivity index (χ2v) is 18.3. The van der Waals surface area contributed by atoms with Crippen LogP contribution in [0.15, 0.2) is 65.2 Å². The van der Waals surface area contributed by atoms with E-state index < -0.39 is 50.3 Å². The predicted molar refractivity (Wildman–Crippen MR) is 195 cm³/mol. The van der Waals surface area contributed by atoms with Gasteiger partial charge in [-0.3, -0.25) is 19.1 Å². The Morgan fingerprint density at radius 2 is 1.94 bits per heavy atom. The molecule has 11 nitrogen and oxygen atoms in total. The number of halogens is 1. The number of sulfonamides is 1. The van der Waals surface area contributed by atoms with Crippen molar-refractivity contribution in [2.24, 2.45) is 5.92 Å². The number of amides is 3. The summed E-state index contributed by atoms with van der Waals surface area (Å²) in [5.74, 6) is -1.80. The highest BCUT2D eigenvalue weighted by atomic mass is 79.9. The van der Waals surface area contributed by atoms with Gasteiger partial charge in [0.2, 0.25) is 21.8 Å². The lowest BCUT2D eigenvalue weighted by molar-refractivity contribution is -0.141. The number of carbonyl (C=O) groups is 3. The van der Waals surface area contributed by atoms with Gasteiger partial charge in [0.1, 0.15) is 17.7 Å². The number of benzene rings is 2. The van der Waals surface area contributed by atoms with Gasteiger partial charge in [-0.25, -0.2) is 13.4 Å². The predicted octanol–water partition coefficient (Wildman–Crippen LogP) is 4.96. The maximum absolute atomic E-state index is 14.5. The second-order valence-electron chi connectivity index (χ2n) is 14.2. The van der Waals surface area contributed by atoms with Crippen molar-refractivity contribution in [2.75, 3.05) is 6.54 Å². The minimum Gasteiger partial charge on any atom is -0.465 e. The Kier molecular flexibility index (Phi) is 9.83. The summed E-state index contributed by atoms with van der Waals surface area (Å²) in [6.45, 7) is 2.27. The van der Waals surface area contributed by atoms with Crippen LogP contribution in [0.5, 0.6) is 5.19 Å². The summed E-state index contributed by atoms with van der Waals surface area (Å²) in [6, 6.07) is 14.2. The molecule has 2 aliphatic heterocycles. The van der Waals surface area contributed by atoms with E-state index >= 15 is 0 Å². The molecule has 3 aromatic rings. The Morgan fingerprint density at radius 1 is 1.14 bits per heavy atom. The number of nitrogens with zero attached hydrogens (tertiary/aromatic N) is 2. The van der Waals surface area contributed by atoms with Crippen LogP contribution in [0.1, 0.15) is 70.3 Å². The molecule has 2 aromatic carbocycles. The van der Waals surface area contributed by atoms with Crippen LogP contribution in [0.25, 0.3) is 10.2 Å². The van der Waals surface area contributed by atoms with Crippen molar-refractivity contribution in [1.82, 2.24) is 25.2 Å². The summed E-state index contributed by atoms with van der Waals surface area (Å²) in [5, 5.41) is 6.86. The number of nitrogens with one attached hydrogen (secondary N) is 3. The van der Waals surface area contributed by atoms with E-state index in [1.807, 2.05) is 60.7 Å². The Morgan fingerprint density at radius 3 is 2.72 bits per heavy atom. The molecule has 3 amide bonds. The fourth-order valence-electron chi connectivity index (χ4n) is 6.91. The summed E-state index contributed by atoms with van der Waals surface area (Å²) in [4.78, 5) is 48.7. The average molecular weight is 785 g/mol. The third kappa shape index (κ3) is 7.35. The van der Waals surface area contributed by atoms with Gasteiger partial charge >= 0.3 is 0 Å². The van der Waals surface area contributed by atoms with Gasteiger partial charge in [0, 0.05) is 23.4 Å². The molecule has 2 aliphatic carbocycles. The Hall–Kier alpha value is -3.33. The van der Waals surface area contributed by atoms with Gasteiger partial charge in [0.05, 0.1) is 27.6 Å². The summed E-state index contributed by atoms with van der Waals surface area (Å²) < 4.78 is 35.7. The first kappa shape index (κ1) is 35.1. The number of fused-ring (bicyclic) bond motifs is 3. The molecule has 5 atom stereocenters. The SMILES string of the molecule is CC1(S(=O)(=O)NC(=O)[C@@]23C[C@H]2C=CCCCCC[C@H](NCc2ccccc2)C(=O)N2C[C@H](Oc4nc5ccc(Br)cc5s4)C[C@H]2C(=O)N3)CC1. The van der Waals surface area contributed by atoms with E-state index in [2.05, 4.69) is 36.3 Å². The largest absolute Gasteiger partial charge is 0.465 e. The molecule has 266 valence electrons. The maximum atomic E-state index is 14.5. The third-order valence-corrected chi connectivity index (χ3v) is 14.0. The van der Waals surface area contributed by atoms with Crippen LogP contribution in [0.2, 0.25) is 0 Å². The molecule has 14 heteroatoms. The van der Waals surface area contributed by atoms with Crippen molar-refractivity contribution in [3.8, 4) is 5.19 Å². The van der Waals surface area contributed by atoms with Crippen LogP contribution < -0.4 is 20.1 Å². The van der Waals surface area contributed by atoms with Crippen molar-refractivity contribution >= 4 is 65.2 Å². The van der Waals surface area contributed by atoms with Crippen molar-refractivity contribution < 1.29 is 27.5 Å². The van der Waals surface area contributed by atoms with E-state index in [0.29, 0.717) is 31.0 Å². The van der Waals surface area contributed by atoms with E-state index in [1.165, 1.54) is 11.3 Å². The molecule has 3 heterocycles. The number of hydrogen-bond donors (Lipinski definition) is 3. The standard InChI is InChI=1S/C36H42BrN5O6S2/c1-35(16-17-35)50(46,47)41-33(45)36-20-24(36)12-8-3-2-4-9-13-28(38-21-23-10-6-5-7-11-23)32(44)42-22-26(19-29(42)31(43)40-36)48-34-39-27-15-14-25(37)18-30(27)49-34/h5-8,10-12,14-15,18,24,26,28-29,38H,2-4,9,13,16-17,19-22H2,1H3,(H,40,43)(H,41,45)/t24-,26-,28+,29+,36-/m1/s1. The number of allylic oxidation sites excluding steroid dienone is 1. The van der Waals surface area contributed by atoms with Gasteiger partial charge in [-0.1, -0.05) is 82.6 Å². The lowest BCUT2D eigenvalue weighted by Gasteiger charge is -2.30. The van der Waals surface area contributed by atoms with Crippen molar-refractivity contribution in [3.05, 3.63) is 70.7 Å². The number of carbonyl (C=O) groups excluding carboxylic acids is 3. The highest BCUT2D eigenvalue weighted by Gasteiger charge is 2.63. The van der Waals surface area contributed by atoms with Gasteiger partial charge < -0.3 is 20.3 Å². The monoisotopic (exact) mass is 783 g/mol. The van der Waals surface area contributed by atoms with Crippen molar-refractivity contribution in [3.63, 3.8) is 0 Å². The van der Waals surface area contributed by atoms with E-state index in [-0.39, 0.29) is 31.2 Å². The fraction of sp³-hybridized carbons (Fsp3) is 0.500. The van der Waals surface area contributed by atoms with Gasteiger partial charge in [-0.05, 0) is 69.2 Å². The lowest BCUT2D eigenvalue weighted by atomic mass is 10.0. The number of hydrogen-bond acceptors (Lipinski definition) is 9. The summed E-state index contributed by atoms with van der Waals surface area (Å²) in [5.41, 5.74) is 0.407. The van der Waals surface area contributed by atoms with E-state index in [0.717, 1.165) is 45.9 Å². The fourth-order valence-corrected chi connectivity index (χ4v) is 9.65. The number of aromatic nitrogens is 1. The van der Waals surface area contributed by atoms with Crippen LogP contribution >= 0.6 is 27.3 Å². The highest BCUT2D eigenvalue weighted by Crippen LogP contribution is 2.47. The van der Waals surface area contributed by atoms with Crippen LogP contribution in [0.4, 0.5) is 0 Å². The van der Waals surface area contributed by atoms with Crippen molar-refractivity contribution in [1.29, 1.82) is 0 Å². The topological polar surface area (TPSA) is 147 Å². The number of ether oxygens (including phenoxy) is 1. The van der Waals surface area contributed by atoms with Gasteiger partial charge in [-0.15, -0.1) is 0 Å². The molecule has 3 fully saturated rings. The quantitative estimate of drug-likeness (QED) is 0.272. The molecule has 1 aromatic heterocycles. The minimum absolute atomic E-state index is 0.162. The average Bonchev–Trinajstić information content (AvgIpc) is 3.90. The molecule has 0 unspecified atom stereocenters. The van der Waals surface area contributed by atoms with Crippen molar-refractivity contribution in [2.45, 2.75) is 99.7 Å². The maximum Gasteiger partial charge on any atom is 0.274 e. The van der Waals surface area contributed by atoms with Crippen LogP contribution in [0.3, 0.4) is 0 Å². The Balaban J connectivity index is 1.17. The summed E-state index contributed by atoms with van der Waals surface area (Å²) >= 11 is 4.89. The zero-order chi connectivity index (χ0) is 35.1. The molecule has 1 saturated heterocycles. The van der Waals surface area contributed by atoms with E-state index in [1.54, 1.807) is 11.8 Å². The molecule has 3 N–H and O–H groups in total. The minimum atomic E-state index is -3.93. The molecule has 4 aliphatic rings. The zero-order valence-corrected chi connectivity index (χ0v) is 31.1.